The Morgan fingerprint density at radius 2 is 1.68 bits per heavy atom. The van der Waals surface area contributed by atoms with Crippen LogP contribution in [0, 0.1) is 20.8 Å². The van der Waals surface area contributed by atoms with Gasteiger partial charge in [0.1, 0.15) is 5.75 Å². The van der Waals surface area contributed by atoms with Crippen LogP contribution in [0.15, 0.2) is 6.07 Å². The summed E-state index contributed by atoms with van der Waals surface area (Å²) in [4.78, 5) is 11.9. The summed E-state index contributed by atoms with van der Waals surface area (Å²) in [7, 11) is 0. The Morgan fingerprint density at radius 3 is 2.21 bits per heavy atom. The second-order valence-corrected chi connectivity index (χ2v) is 5.79. The van der Waals surface area contributed by atoms with Crippen LogP contribution in [-0.2, 0) is 10.2 Å². The summed E-state index contributed by atoms with van der Waals surface area (Å²) in [5, 5.41) is 19.7. The van der Waals surface area contributed by atoms with Gasteiger partial charge in [-0.3, -0.25) is 4.79 Å². The first-order chi connectivity index (χ1) is 8.90. The third kappa shape index (κ3) is 2.11. The number of carbonyl (C=O) groups is 1. The van der Waals surface area contributed by atoms with E-state index >= 15 is 0 Å². The summed E-state index contributed by atoms with van der Waals surface area (Å²) in [5.74, 6) is -0.433. The van der Waals surface area contributed by atoms with Crippen LogP contribution in [0.1, 0.15) is 54.4 Å². The highest BCUT2D eigenvalue weighted by molar-refractivity contribution is 5.82. The maximum atomic E-state index is 11.9. The monoisotopic (exact) mass is 262 g/mol. The number of phenolic OH excluding ortho intramolecular Hbond substituents is 1. The van der Waals surface area contributed by atoms with Crippen LogP contribution < -0.4 is 0 Å². The molecule has 0 aliphatic heterocycles. The number of aryl methyl sites for hydroxylation is 1. The molecule has 2 rings (SSSR count). The lowest BCUT2D eigenvalue weighted by atomic mass is 9.67. The number of hydrogen-bond acceptors (Lipinski definition) is 2. The third-order valence-electron chi connectivity index (χ3n) is 4.69. The standard InChI is InChI=1S/C16H22O3/c1-10-9-13(11(2)12(3)14(10)17)16(15(18)19)7-5-4-6-8-16/h9,17H,4-8H2,1-3H3,(H,18,19). The van der Waals surface area contributed by atoms with E-state index in [-0.39, 0.29) is 5.75 Å². The summed E-state index contributed by atoms with van der Waals surface area (Å²) >= 11 is 0. The minimum absolute atomic E-state index is 0.289. The molecule has 0 unspecified atom stereocenters. The Hall–Kier alpha value is -1.51. The summed E-state index contributed by atoms with van der Waals surface area (Å²) in [6.07, 6.45) is 4.44. The van der Waals surface area contributed by atoms with Crippen LogP contribution in [-0.4, -0.2) is 16.2 Å². The van der Waals surface area contributed by atoms with E-state index in [1.165, 1.54) is 0 Å². The molecule has 0 radical (unpaired) electrons. The fraction of sp³-hybridized carbons (Fsp3) is 0.562. The first kappa shape index (κ1) is 13.9. The van der Waals surface area contributed by atoms with Crippen LogP contribution in [0.5, 0.6) is 5.75 Å². The van der Waals surface area contributed by atoms with Gasteiger partial charge in [0.25, 0.3) is 0 Å². The number of carboxylic acids is 1. The summed E-state index contributed by atoms with van der Waals surface area (Å²) in [6, 6.07) is 1.87. The molecular weight excluding hydrogens is 240 g/mol. The number of phenols is 1. The van der Waals surface area contributed by atoms with Crippen LogP contribution in [0.4, 0.5) is 0 Å². The van der Waals surface area contributed by atoms with E-state index in [1.54, 1.807) is 0 Å². The molecule has 0 aromatic heterocycles. The van der Waals surface area contributed by atoms with Gasteiger partial charge in [-0.1, -0.05) is 25.3 Å². The van der Waals surface area contributed by atoms with Crippen molar-refractivity contribution in [3.8, 4) is 5.75 Å². The summed E-state index contributed by atoms with van der Waals surface area (Å²) < 4.78 is 0. The van der Waals surface area contributed by atoms with E-state index in [0.717, 1.165) is 41.5 Å². The van der Waals surface area contributed by atoms with Crippen molar-refractivity contribution in [3.63, 3.8) is 0 Å². The van der Waals surface area contributed by atoms with Crippen LogP contribution in [0.2, 0.25) is 0 Å². The zero-order chi connectivity index (χ0) is 14.2. The van der Waals surface area contributed by atoms with Gasteiger partial charge in [0.15, 0.2) is 0 Å². The molecule has 104 valence electrons. The van der Waals surface area contributed by atoms with E-state index in [0.29, 0.717) is 12.8 Å². The Kier molecular flexibility index (Phi) is 3.57. The number of rotatable bonds is 2. The first-order valence-corrected chi connectivity index (χ1v) is 6.94. The van der Waals surface area contributed by atoms with Gasteiger partial charge < -0.3 is 10.2 Å². The number of aromatic hydroxyl groups is 1. The third-order valence-corrected chi connectivity index (χ3v) is 4.69. The highest BCUT2D eigenvalue weighted by Crippen LogP contribution is 2.43. The lowest BCUT2D eigenvalue weighted by Gasteiger charge is -2.35. The van der Waals surface area contributed by atoms with Gasteiger partial charge in [-0.15, -0.1) is 0 Å². The van der Waals surface area contributed by atoms with Gasteiger partial charge >= 0.3 is 5.97 Å². The lowest BCUT2D eigenvalue weighted by molar-refractivity contribution is -0.145. The van der Waals surface area contributed by atoms with E-state index < -0.39 is 11.4 Å². The molecule has 0 atom stereocenters. The van der Waals surface area contributed by atoms with Gasteiger partial charge in [0, 0.05) is 0 Å². The number of carboxylic acid groups (broad SMARTS) is 1. The molecule has 3 heteroatoms. The van der Waals surface area contributed by atoms with Crippen molar-refractivity contribution < 1.29 is 15.0 Å². The van der Waals surface area contributed by atoms with Crippen molar-refractivity contribution in [3.05, 3.63) is 28.3 Å². The molecule has 0 heterocycles. The van der Waals surface area contributed by atoms with Crippen LogP contribution in [0.25, 0.3) is 0 Å². The van der Waals surface area contributed by atoms with E-state index in [2.05, 4.69) is 0 Å². The van der Waals surface area contributed by atoms with E-state index in [9.17, 15) is 15.0 Å². The van der Waals surface area contributed by atoms with Crippen molar-refractivity contribution in [2.24, 2.45) is 0 Å². The fourth-order valence-corrected chi connectivity index (χ4v) is 3.32. The molecule has 1 aliphatic carbocycles. The predicted molar refractivity (Wildman–Crippen MR) is 74.7 cm³/mol. The van der Waals surface area contributed by atoms with Crippen LogP contribution in [0.3, 0.4) is 0 Å². The summed E-state index contributed by atoms with van der Waals surface area (Å²) in [5.41, 5.74) is 2.64. The molecule has 0 saturated heterocycles. The summed E-state index contributed by atoms with van der Waals surface area (Å²) in [6.45, 7) is 5.62. The molecule has 2 N–H and O–H groups in total. The predicted octanol–water partition coefficient (Wildman–Crippen LogP) is 3.60. The van der Waals surface area contributed by atoms with Gasteiger partial charge in [-0.2, -0.15) is 0 Å². The largest absolute Gasteiger partial charge is 0.507 e. The fourth-order valence-electron chi connectivity index (χ4n) is 3.32. The van der Waals surface area contributed by atoms with Gasteiger partial charge in [-0.25, -0.2) is 0 Å². The minimum Gasteiger partial charge on any atom is -0.507 e. The molecular formula is C16H22O3. The second kappa shape index (κ2) is 4.87. The highest BCUT2D eigenvalue weighted by Gasteiger charge is 2.42. The molecule has 19 heavy (non-hydrogen) atoms. The molecule has 0 amide bonds. The Morgan fingerprint density at radius 1 is 1.11 bits per heavy atom. The molecule has 1 aromatic rings. The van der Waals surface area contributed by atoms with Gasteiger partial charge in [-0.05, 0) is 55.9 Å². The van der Waals surface area contributed by atoms with Crippen molar-refractivity contribution in [2.75, 3.05) is 0 Å². The molecule has 1 aliphatic rings. The quantitative estimate of drug-likeness (QED) is 0.856. The van der Waals surface area contributed by atoms with Gasteiger partial charge in [0.05, 0.1) is 5.41 Å². The van der Waals surface area contributed by atoms with Crippen molar-refractivity contribution in [2.45, 2.75) is 58.3 Å². The topological polar surface area (TPSA) is 57.5 Å². The first-order valence-electron chi connectivity index (χ1n) is 6.94. The Balaban J connectivity index is 2.64. The minimum atomic E-state index is -0.758. The smallest absolute Gasteiger partial charge is 0.314 e. The Bertz CT molecular complexity index is 511. The molecule has 1 aromatic carbocycles. The van der Waals surface area contributed by atoms with Crippen LogP contribution >= 0.6 is 0 Å². The number of hydrogen-bond donors (Lipinski definition) is 2. The zero-order valence-electron chi connectivity index (χ0n) is 11.9. The van der Waals surface area contributed by atoms with Crippen molar-refractivity contribution in [1.29, 1.82) is 0 Å². The SMILES string of the molecule is Cc1cc(C2(C(=O)O)CCCCC2)c(C)c(C)c1O. The lowest BCUT2D eigenvalue weighted by Crippen LogP contribution is -2.38. The molecule has 0 bridgehead atoms. The molecule has 1 fully saturated rings. The molecule has 0 spiro atoms. The average molecular weight is 262 g/mol. The normalized spacial score (nSPS) is 18.3. The average Bonchev–Trinajstić information content (AvgIpc) is 2.41. The number of aliphatic carboxylic acids is 1. The maximum Gasteiger partial charge on any atom is 0.314 e. The Labute approximate surface area is 114 Å². The zero-order valence-corrected chi connectivity index (χ0v) is 11.9. The molecule has 3 nitrogen and oxygen atoms in total. The van der Waals surface area contributed by atoms with Crippen molar-refractivity contribution in [1.82, 2.24) is 0 Å². The second-order valence-electron chi connectivity index (χ2n) is 5.79. The van der Waals surface area contributed by atoms with Gasteiger partial charge in [0.2, 0.25) is 0 Å². The van der Waals surface area contributed by atoms with Crippen molar-refractivity contribution >= 4 is 5.97 Å². The maximum absolute atomic E-state index is 11.9. The highest BCUT2D eigenvalue weighted by atomic mass is 16.4. The van der Waals surface area contributed by atoms with E-state index in [4.69, 9.17) is 0 Å². The van der Waals surface area contributed by atoms with E-state index in [1.807, 2.05) is 26.8 Å². The number of benzene rings is 1. The molecule has 1 saturated carbocycles.